The van der Waals surface area contributed by atoms with Crippen LogP contribution in [0.15, 0.2) is 34.8 Å². The Hall–Kier alpha value is -1.82. The third-order valence-corrected chi connectivity index (χ3v) is 3.18. The number of hydrogen-bond acceptors (Lipinski definition) is 2. The van der Waals surface area contributed by atoms with Crippen LogP contribution >= 0.6 is 15.9 Å². The Kier molecular flexibility index (Phi) is 3.14. The Morgan fingerprint density at radius 1 is 1.41 bits per heavy atom. The van der Waals surface area contributed by atoms with Crippen LogP contribution in [0.2, 0.25) is 0 Å². The number of para-hydroxylation sites is 1. The molecule has 2 aromatic rings. The minimum Gasteiger partial charge on any atom is -0.351 e. The molecule has 1 aromatic carbocycles. The number of halogens is 1. The molecule has 6 heteroatoms. The number of aryl methyl sites for hydroxylation is 1. The summed E-state index contributed by atoms with van der Waals surface area (Å²) in [5, 5.41) is 6.89. The summed E-state index contributed by atoms with van der Waals surface area (Å²) in [6.07, 6.45) is 0. The monoisotopic (exact) mass is 294 g/mol. The zero-order valence-electron chi connectivity index (χ0n) is 9.14. The first kappa shape index (κ1) is 11.7. The second kappa shape index (κ2) is 4.58. The first-order chi connectivity index (χ1) is 8.09. The molecule has 0 radical (unpaired) electrons. The van der Waals surface area contributed by atoms with Gasteiger partial charge < -0.3 is 5.73 Å². The molecule has 1 aromatic heterocycles. The summed E-state index contributed by atoms with van der Waals surface area (Å²) >= 11 is 3.37. The maximum absolute atomic E-state index is 11.0. The van der Waals surface area contributed by atoms with E-state index in [4.69, 9.17) is 5.73 Å². The van der Waals surface area contributed by atoms with E-state index >= 15 is 0 Å². The van der Waals surface area contributed by atoms with Gasteiger partial charge in [-0.1, -0.05) is 18.2 Å². The molecule has 0 spiro atoms. The molecule has 0 bridgehead atoms. The minimum absolute atomic E-state index is 0.529. The molecule has 0 atom stereocenters. The number of hydrogen-bond donors (Lipinski definition) is 2. The van der Waals surface area contributed by atoms with Gasteiger partial charge >= 0.3 is 6.03 Å². The largest absolute Gasteiger partial charge is 0.351 e. The highest BCUT2D eigenvalue weighted by atomic mass is 79.9. The zero-order chi connectivity index (χ0) is 12.4. The van der Waals surface area contributed by atoms with Crippen LogP contribution in [0.25, 0.3) is 5.69 Å². The summed E-state index contributed by atoms with van der Waals surface area (Å²) < 4.78 is 2.35. The highest BCUT2D eigenvalue weighted by Gasteiger charge is 2.15. The molecule has 88 valence electrons. The van der Waals surface area contributed by atoms with E-state index < -0.39 is 6.03 Å². The van der Waals surface area contributed by atoms with Crippen LogP contribution < -0.4 is 11.1 Å². The van der Waals surface area contributed by atoms with E-state index in [1.807, 2.05) is 37.3 Å². The predicted molar refractivity (Wildman–Crippen MR) is 69.2 cm³/mol. The van der Waals surface area contributed by atoms with Crippen LogP contribution in [0, 0.1) is 6.92 Å². The fraction of sp³-hybridized carbons (Fsp3) is 0.0909. The van der Waals surface area contributed by atoms with Crippen molar-refractivity contribution >= 4 is 27.8 Å². The molecule has 0 unspecified atom stereocenters. The van der Waals surface area contributed by atoms with Gasteiger partial charge in [0.1, 0.15) is 0 Å². The average molecular weight is 295 g/mol. The van der Waals surface area contributed by atoms with Crippen molar-refractivity contribution in [1.29, 1.82) is 0 Å². The molecule has 0 saturated carbocycles. The molecule has 0 aliphatic heterocycles. The maximum Gasteiger partial charge on any atom is 0.317 e. The van der Waals surface area contributed by atoms with Gasteiger partial charge in [-0.2, -0.15) is 5.10 Å². The molecule has 0 aliphatic rings. The smallest absolute Gasteiger partial charge is 0.317 e. The number of urea groups is 1. The summed E-state index contributed by atoms with van der Waals surface area (Å²) in [5.74, 6) is 0.529. The number of aromatic nitrogens is 2. The third kappa shape index (κ3) is 2.31. The van der Waals surface area contributed by atoms with Crippen LogP contribution in [0.5, 0.6) is 0 Å². The van der Waals surface area contributed by atoms with Gasteiger partial charge in [-0.3, -0.25) is 5.32 Å². The van der Waals surface area contributed by atoms with E-state index in [1.54, 1.807) is 4.68 Å². The molecule has 0 aliphatic carbocycles. The van der Waals surface area contributed by atoms with E-state index in [1.165, 1.54) is 0 Å². The normalized spacial score (nSPS) is 10.2. The van der Waals surface area contributed by atoms with Gasteiger partial charge in [-0.15, -0.1) is 0 Å². The lowest BCUT2D eigenvalue weighted by Crippen LogP contribution is -2.21. The lowest BCUT2D eigenvalue weighted by atomic mass is 10.3. The van der Waals surface area contributed by atoms with E-state index in [0.29, 0.717) is 5.82 Å². The van der Waals surface area contributed by atoms with Crippen molar-refractivity contribution in [2.75, 3.05) is 5.32 Å². The number of nitrogens with two attached hydrogens (primary N) is 1. The molecule has 1 heterocycles. The molecule has 17 heavy (non-hydrogen) atoms. The molecule has 2 rings (SSSR count). The van der Waals surface area contributed by atoms with Crippen molar-refractivity contribution < 1.29 is 4.79 Å². The molecule has 2 amide bonds. The highest BCUT2D eigenvalue weighted by Crippen LogP contribution is 2.28. The number of primary amides is 1. The van der Waals surface area contributed by atoms with Crippen molar-refractivity contribution in [1.82, 2.24) is 9.78 Å². The maximum atomic E-state index is 11.0. The standard InChI is InChI=1S/C11H11BrN4O/c1-7-9(12)10(14-11(13)17)16(15-7)8-5-3-2-4-6-8/h2-6H,1H3,(H3,13,14,17). The molecule has 0 saturated heterocycles. The number of amides is 2. The Labute approximate surface area is 107 Å². The number of carbonyl (C=O) groups is 1. The molecular weight excluding hydrogens is 284 g/mol. The zero-order valence-corrected chi connectivity index (χ0v) is 10.7. The molecule has 3 N–H and O–H groups in total. The van der Waals surface area contributed by atoms with Crippen LogP contribution in [0.3, 0.4) is 0 Å². The van der Waals surface area contributed by atoms with Gasteiger partial charge in [0.05, 0.1) is 15.9 Å². The molecular formula is C11H11BrN4O. The van der Waals surface area contributed by atoms with Gasteiger partial charge in [0.15, 0.2) is 5.82 Å². The van der Waals surface area contributed by atoms with Crippen molar-refractivity contribution in [3.8, 4) is 5.69 Å². The lowest BCUT2D eigenvalue weighted by molar-refractivity contribution is 0.259. The summed E-state index contributed by atoms with van der Waals surface area (Å²) in [6.45, 7) is 1.84. The first-order valence-electron chi connectivity index (χ1n) is 4.96. The molecule has 0 fully saturated rings. The third-order valence-electron chi connectivity index (χ3n) is 2.23. The van der Waals surface area contributed by atoms with E-state index in [0.717, 1.165) is 15.9 Å². The van der Waals surface area contributed by atoms with Gasteiger partial charge in [0.2, 0.25) is 0 Å². The number of carbonyl (C=O) groups excluding carboxylic acids is 1. The van der Waals surface area contributed by atoms with Crippen LogP contribution in [0.1, 0.15) is 5.69 Å². The Morgan fingerprint density at radius 3 is 2.65 bits per heavy atom. The Morgan fingerprint density at radius 2 is 2.06 bits per heavy atom. The van der Waals surface area contributed by atoms with Gasteiger partial charge in [0.25, 0.3) is 0 Å². The van der Waals surface area contributed by atoms with Gasteiger partial charge in [0, 0.05) is 0 Å². The number of nitrogens with one attached hydrogen (secondary N) is 1. The van der Waals surface area contributed by atoms with Crippen molar-refractivity contribution in [2.24, 2.45) is 5.73 Å². The van der Waals surface area contributed by atoms with Crippen LogP contribution in [0.4, 0.5) is 10.6 Å². The number of benzene rings is 1. The lowest BCUT2D eigenvalue weighted by Gasteiger charge is -2.07. The van der Waals surface area contributed by atoms with E-state index in [-0.39, 0.29) is 0 Å². The van der Waals surface area contributed by atoms with E-state index in [2.05, 4.69) is 26.3 Å². The number of rotatable bonds is 2. The Bertz CT molecular complexity index is 550. The predicted octanol–water partition coefficient (Wildman–Crippen LogP) is 2.43. The summed E-state index contributed by atoms with van der Waals surface area (Å²) in [7, 11) is 0. The quantitative estimate of drug-likeness (QED) is 0.893. The summed E-state index contributed by atoms with van der Waals surface area (Å²) in [6, 6.07) is 8.87. The fourth-order valence-electron chi connectivity index (χ4n) is 1.49. The minimum atomic E-state index is -0.622. The van der Waals surface area contributed by atoms with E-state index in [9.17, 15) is 4.79 Å². The second-order valence-corrected chi connectivity index (χ2v) is 4.28. The second-order valence-electron chi connectivity index (χ2n) is 3.48. The first-order valence-corrected chi connectivity index (χ1v) is 5.76. The molecule has 5 nitrogen and oxygen atoms in total. The number of anilines is 1. The van der Waals surface area contributed by atoms with Crippen molar-refractivity contribution in [2.45, 2.75) is 6.92 Å². The van der Waals surface area contributed by atoms with Crippen molar-refractivity contribution in [3.05, 3.63) is 40.5 Å². The van der Waals surface area contributed by atoms with Crippen LogP contribution in [-0.4, -0.2) is 15.8 Å². The fourth-order valence-corrected chi connectivity index (χ4v) is 1.84. The number of nitrogens with zero attached hydrogens (tertiary/aromatic N) is 2. The summed E-state index contributed by atoms with van der Waals surface area (Å²) in [5.41, 5.74) is 6.77. The van der Waals surface area contributed by atoms with Crippen LogP contribution in [-0.2, 0) is 0 Å². The van der Waals surface area contributed by atoms with Crippen molar-refractivity contribution in [3.63, 3.8) is 0 Å². The average Bonchev–Trinajstić information content (AvgIpc) is 2.58. The summed E-state index contributed by atoms with van der Waals surface area (Å²) in [4.78, 5) is 11.0. The van der Waals surface area contributed by atoms with Gasteiger partial charge in [-0.05, 0) is 35.0 Å². The highest BCUT2D eigenvalue weighted by molar-refractivity contribution is 9.10. The Balaban J connectivity index is 2.54. The SMILES string of the molecule is Cc1nn(-c2ccccc2)c(NC(N)=O)c1Br. The topological polar surface area (TPSA) is 72.9 Å². The van der Waals surface area contributed by atoms with Gasteiger partial charge in [-0.25, -0.2) is 9.48 Å².